The topological polar surface area (TPSA) is 29.9 Å². The molecule has 0 unspecified atom stereocenters. The predicted molar refractivity (Wildman–Crippen MR) is 69.8 cm³/mol. The molecular formula is C14H18FN3. The van der Waals surface area contributed by atoms with E-state index in [1.54, 1.807) is 12.3 Å². The average Bonchev–Trinajstić information content (AvgIpc) is 2.77. The second-order valence-electron chi connectivity index (χ2n) is 4.32. The molecule has 0 bridgehead atoms. The van der Waals surface area contributed by atoms with Gasteiger partial charge in [0.05, 0.1) is 6.54 Å². The van der Waals surface area contributed by atoms with Crippen molar-refractivity contribution < 1.29 is 4.39 Å². The molecule has 2 aromatic rings. The van der Waals surface area contributed by atoms with Crippen molar-refractivity contribution in [2.45, 2.75) is 26.9 Å². The summed E-state index contributed by atoms with van der Waals surface area (Å²) in [6.07, 6.45) is 3.75. The Balaban J connectivity index is 2.15. The molecule has 4 heteroatoms. The number of nitrogens with zero attached hydrogens (tertiary/aromatic N) is 2. The number of halogens is 1. The van der Waals surface area contributed by atoms with Crippen molar-refractivity contribution in [1.29, 1.82) is 0 Å². The summed E-state index contributed by atoms with van der Waals surface area (Å²) in [4.78, 5) is 4.32. The van der Waals surface area contributed by atoms with Crippen LogP contribution in [0.4, 0.5) is 4.39 Å². The maximum absolute atomic E-state index is 13.0. The average molecular weight is 247 g/mol. The van der Waals surface area contributed by atoms with Gasteiger partial charge >= 0.3 is 0 Å². The maximum Gasteiger partial charge on any atom is 0.123 e. The van der Waals surface area contributed by atoms with Gasteiger partial charge in [-0.15, -0.1) is 0 Å². The molecular weight excluding hydrogens is 229 g/mol. The highest BCUT2D eigenvalue weighted by atomic mass is 19.1. The molecule has 1 heterocycles. The zero-order valence-corrected chi connectivity index (χ0v) is 10.8. The lowest BCUT2D eigenvalue weighted by molar-refractivity contribution is 0.620. The number of nitrogens with one attached hydrogen (secondary N) is 1. The monoisotopic (exact) mass is 247 g/mol. The number of imidazole rings is 1. The van der Waals surface area contributed by atoms with Gasteiger partial charge in [-0.3, -0.25) is 0 Å². The highest BCUT2D eigenvalue weighted by Crippen LogP contribution is 2.12. The summed E-state index contributed by atoms with van der Waals surface area (Å²) in [6.45, 7) is 6.40. The number of hydrogen-bond acceptors (Lipinski definition) is 2. The van der Waals surface area contributed by atoms with E-state index < -0.39 is 0 Å². The zero-order valence-electron chi connectivity index (χ0n) is 10.8. The van der Waals surface area contributed by atoms with E-state index in [1.165, 1.54) is 6.07 Å². The number of hydrogen-bond donors (Lipinski definition) is 1. The summed E-state index contributed by atoms with van der Waals surface area (Å²) < 4.78 is 15.1. The van der Waals surface area contributed by atoms with E-state index in [4.69, 9.17) is 0 Å². The Morgan fingerprint density at radius 1 is 1.39 bits per heavy atom. The van der Waals surface area contributed by atoms with Crippen LogP contribution in [0.1, 0.15) is 23.9 Å². The van der Waals surface area contributed by atoms with Crippen LogP contribution in [0.3, 0.4) is 0 Å². The summed E-state index contributed by atoms with van der Waals surface area (Å²) in [6, 6.07) is 4.90. The molecule has 2 rings (SSSR count). The largest absolute Gasteiger partial charge is 0.329 e. The van der Waals surface area contributed by atoms with Crippen molar-refractivity contribution in [3.8, 4) is 0 Å². The van der Waals surface area contributed by atoms with E-state index in [0.717, 1.165) is 36.6 Å². The van der Waals surface area contributed by atoms with Crippen LogP contribution in [-0.4, -0.2) is 16.1 Å². The van der Waals surface area contributed by atoms with Gasteiger partial charge in [-0.2, -0.15) is 0 Å². The maximum atomic E-state index is 13.0. The molecule has 0 aliphatic carbocycles. The third-order valence-electron chi connectivity index (χ3n) is 2.98. The van der Waals surface area contributed by atoms with Crippen molar-refractivity contribution >= 4 is 0 Å². The molecule has 3 nitrogen and oxygen atoms in total. The molecule has 0 saturated heterocycles. The van der Waals surface area contributed by atoms with Crippen LogP contribution in [-0.2, 0) is 13.1 Å². The highest BCUT2D eigenvalue weighted by molar-refractivity contribution is 5.27. The summed E-state index contributed by atoms with van der Waals surface area (Å²) in [5.41, 5.74) is 2.09. The normalized spacial score (nSPS) is 10.8. The van der Waals surface area contributed by atoms with Gasteiger partial charge in [-0.1, -0.05) is 13.0 Å². The minimum Gasteiger partial charge on any atom is -0.329 e. The Bertz CT molecular complexity index is 520. The molecule has 96 valence electrons. The third-order valence-corrected chi connectivity index (χ3v) is 2.98. The number of aryl methyl sites for hydroxylation is 1. The van der Waals surface area contributed by atoms with Gasteiger partial charge in [0.15, 0.2) is 0 Å². The smallest absolute Gasteiger partial charge is 0.123 e. The second-order valence-corrected chi connectivity index (χ2v) is 4.32. The van der Waals surface area contributed by atoms with Gasteiger partial charge in [-0.25, -0.2) is 9.37 Å². The van der Waals surface area contributed by atoms with Crippen molar-refractivity contribution in [2.75, 3.05) is 6.54 Å². The Morgan fingerprint density at radius 3 is 2.94 bits per heavy atom. The molecule has 0 amide bonds. The molecule has 0 aliphatic heterocycles. The standard InChI is InChI=1S/C14H18FN3/c1-3-16-9-14-17-6-7-18(14)10-12-4-5-13(15)8-11(12)2/h4-8,16H,3,9-10H2,1-2H3. The van der Waals surface area contributed by atoms with Crippen LogP contribution in [0.2, 0.25) is 0 Å². The van der Waals surface area contributed by atoms with E-state index in [-0.39, 0.29) is 5.82 Å². The number of rotatable bonds is 5. The fraction of sp³-hybridized carbons (Fsp3) is 0.357. The lowest BCUT2D eigenvalue weighted by Crippen LogP contribution is -2.16. The fourth-order valence-electron chi connectivity index (χ4n) is 1.91. The Labute approximate surface area is 107 Å². The molecule has 1 N–H and O–H groups in total. The quantitative estimate of drug-likeness (QED) is 0.879. The molecule has 0 radical (unpaired) electrons. The summed E-state index contributed by atoms with van der Waals surface area (Å²) in [5.74, 6) is 0.815. The zero-order chi connectivity index (χ0) is 13.0. The van der Waals surface area contributed by atoms with Crippen LogP contribution in [0.5, 0.6) is 0 Å². The van der Waals surface area contributed by atoms with Crippen molar-refractivity contribution in [2.24, 2.45) is 0 Å². The van der Waals surface area contributed by atoms with Gasteiger partial charge in [-0.05, 0) is 36.7 Å². The molecule has 0 atom stereocenters. The Hall–Kier alpha value is -1.68. The SMILES string of the molecule is CCNCc1nccn1Cc1ccc(F)cc1C. The van der Waals surface area contributed by atoms with Gasteiger partial charge in [0, 0.05) is 18.9 Å². The molecule has 0 spiro atoms. The highest BCUT2D eigenvalue weighted by Gasteiger charge is 2.05. The summed E-state index contributed by atoms with van der Waals surface area (Å²) in [7, 11) is 0. The number of aromatic nitrogens is 2. The predicted octanol–water partition coefficient (Wildman–Crippen LogP) is 2.49. The van der Waals surface area contributed by atoms with Gasteiger partial charge < -0.3 is 9.88 Å². The van der Waals surface area contributed by atoms with Gasteiger partial charge in [0.1, 0.15) is 11.6 Å². The van der Waals surface area contributed by atoms with Crippen molar-refractivity contribution in [3.05, 3.63) is 53.4 Å². The molecule has 0 fully saturated rings. The summed E-state index contributed by atoms with van der Waals surface area (Å²) >= 11 is 0. The molecule has 0 aliphatic rings. The van der Waals surface area contributed by atoms with Crippen LogP contribution < -0.4 is 5.32 Å². The van der Waals surface area contributed by atoms with Crippen molar-refractivity contribution in [3.63, 3.8) is 0 Å². The first kappa shape index (κ1) is 12.8. The van der Waals surface area contributed by atoms with Gasteiger partial charge in [0.25, 0.3) is 0 Å². The first-order valence-corrected chi connectivity index (χ1v) is 6.16. The van der Waals surface area contributed by atoms with E-state index in [2.05, 4.69) is 21.8 Å². The first-order chi connectivity index (χ1) is 8.70. The lowest BCUT2D eigenvalue weighted by atomic mass is 10.1. The minimum absolute atomic E-state index is 0.185. The minimum atomic E-state index is -0.185. The molecule has 0 saturated carbocycles. The van der Waals surface area contributed by atoms with Crippen molar-refractivity contribution in [1.82, 2.24) is 14.9 Å². The van der Waals surface area contributed by atoms with E-state index in [0.29, 0.717) is 0 Å². The molecule has 18 heavy (non-hydrogen) atoms. The molecule has 1 aromatic carbocycles. The van der Waals surface area contributed by atoms with E-state index >= 15 is 0 Å². The van der Waals surface area contributed by atoms with Gasteiger partial charge in [0.2, 0.25) is 0 Å². The molecule has 1 aromatic heterocycles. The van der Waals surface area contributed by atoms with Crippen LogP contribution in [0, 0.1) is 12.7 Å². The lowest BCUT2D eigenvalue weighted by Gasteiger charge is -2.10. The Kier molecular flexibility index (Phi) is 4.10. The van der Waals surface area contributed by atoms with Crippen LogP contribution in [0.25, 0.3) is 0 Å². The third kappa shape index (κ3) is 2.96. The second kappa shape index (κ2) is 5.78. The van der Waals surface area contributed by atoms with Crippen LogP contribution in [0.15, 0.2) is 30.6 Å². The fourth-order valence-corrected chi connectivity index (χ4v) is 1.91. The first-order valence-electron chi connectivity index (χ1n) is 6.16. The number of benzene rings is 1. The Morgan fingerprint density at radius 2 is 2.22 bits per heavy atom. The van der Waals surface area contributed by atoms with Crippen LogP contribution >= 0.6 is 0 Å². The van der Waals surface area contributed by atoms with E-state index in [1.807, 2.05) is 19.2 Å². The summed E-state index contributed by atoms with van der Waals surface area (Å²) in [5, 5.41) is 3.26. The van der Waals surface area contributed by atoms with E-state index in [9.17, 15) is 4.39 Å².